The highest BCUT2D eigenvalue weighted by atomic mass is 16.6. The lowest BCUT2D eigenvalue weighted by Gasteiger charge is -2.18. The zero-order valence-corrected chi connectivity index (χ0v) is 14.9. The summed E-state index contributed by atoms with van der Waals surface area (Å²) in [5.74, 6) is -1.18. The lowest BCUT2D eigenvalue weighted by atomic mass is 10.1. The third kappa shape index (κ3) is 3.54. The Morgan fingerprint density at radius 1 is 1.37 bits per heavy atom. The molecule has 0 unspecified atom stereocenters. The standard InChI is InChI=1S/C16H23N5O6/c1-6(2)9(17)15(25)26-5-8-10(22)11(23)14(27-8)21-4-3-7-12(21)19-16(18)20-13(7)24/h3-4,6,8-11,14,22-23H,5,17H2,1-2H3,(H3,18,19,20,24)/t8-,9+,10-,11-,14-/m1/s1. The fraction of sp³-hybridized carbons (Fsp3) is 0.562. The number of nitrogen functional groups attached to an aromatic ring is 1. The summed E-state index contributed by atoms with van der Waals surface area (Å²) in [6, 6.07) is 0.738. The molecule has 1 aliphatic rings. The molecule has 1 aliphatic heterocycles. The van der Waals surface area contributed by atoms with E-state index in [1.54, 1.807) is 13.8 Å². The fourth-order valence-electron chi connectivity index (χ4n) is 2.87. The number of esters is 1. The molecule has 0 saturated carbocycles. The van der Waals surface area contributed by atoms with Gasteiger partial charge in [-0.05, 0) is 12.0 Å². The Labute approximate surface area is 154 Å². The first-order valence-electron chi connectivity index (χ1n) is 8.47. The average Bonchev–Trinajstić information content (AvgIpc) is 3.14. The number of carbonyl (C=O) groups is 1. The van der Waals surface area contributed by atoms with Gasteiger partial charge in [0.05, 0.1) is 5.39 Å². The molecule has 0 aliphatic carbocycles. The van der Waals surface area contributed by atoms with E-state index in [0.29, 0.717) is 5.39 Å². The van der Waals surface area contributed by atoms with Crippen molar-refractivity contribution in [2.75, 3.05) is 12.3 Å². The van der Waals surface area contributed by atoms with Gasteiger partial charge >= 0.3 is 5.97 Å². The zero-order valence-electron chi connectivity index (χ0n) is 14.9. The van der Waals surface area contributed by atoms with Crippen LogP contribution in [0.15, 0.2) is 12.3 Å². The van der Waals surface area contributed by atoms with E-state index in [-0.39, 0.29) is 30.0 Å². The van der Waals surface area contributed by atoms with Crippen LogP contribution in [0.2, 0.25) is 0 Å². The zero-order chi connectivity index (χ0) is 19.9. The Morgan fingerprint density at radius 3 is 2.74 bits per heavy atom. The normalized spacial score (nSPS) is 26.6. The van der Waals surface area contributed by atoms with Crippen molar-refractivity contribution in [3.8, 4) is 5.88 Å². The summed E-state index contributed by atoms with van der Waals surface area (Å²) < 4.78 is 12.2. The topological polar surface area (TPSA) is 179 Å². The van der Waals surface area contributed by atoms with E-state index in [1.807, 2.05) is 0 Å². The minimum Gasteiger partial charge on any atom is -0.493 e. The van der Waals surface area contributed by atoms with Crippen LogP contribution in [-0.2, 0) is 14.3 Å². The Kier molecular flexibility index (Phi) is 5.20. The van der Waals surface area contributed by atoms with Crippen LogP contribution in [-0.4, -0.2) is 66.8 Å². The third-order valence-corrected chi connectivity index (χ3v) is 4.56. The molecular weight excluding hydrogens is 358 g/mol. The smallest absolute Gasteiger partial charge is 0.323 e. The number of rotatable bonds is 5. The SMILES string of the molecule is CC(C)[C@H](N)C(=O)OC[C@H]1O[C@@H](n2ccc3c(O)nc(N)nc32)[C@H](O)[C@@H]1O. The first kappa shape index (κ1) is 19.3. The summed E-state index contributed by atoms with van der Waals surface area (Å²) in [6.07, 6.45) is -3.08. The van der Waals surface area contributed by atoms with Crippen LogP contribution in [0.1, 0.15) is 20.1 Å². The molecular formula is C16H23N5O6. The van der Waals surface area contributed by atoms with Crippen molar-refractivity contribution in [3.63, 3.8) is 0 Å². The first-order chi connectivity index (χ1) is 12.7. The number of ether oxygens (including phenoxy) is 2. The number of nitrogens with two attached hydrogens (primary N) is 2. The second-order valence-electron chi connectivity index (χ2n) is 6.81. The number of hydrogen-bond donors (Lipinski definition) is 5. The van der Waals surface area contributed by atoms with Crippen LogP contribution < -0.4 is 11.5 Å². The Hall–Kier alpha value is -2.47. The van der Waals surface area contributed by atoms with E-state index in [4.69, 9.17) is 20.9 Å². The van der Waals surface area contributed by atoms with Gasteiger partial charge in [-0.1, -0.05) is 13.8 Å². The van der Waals surface area contributed by atoms with Crippen LogP contribution in [0.5, 0.6) is 5.88 Å². The predicted molar refractivity (Wildman–Crippen MR) is 93.3 cm³/mol. The largest absolute Gasteiger partial charge is 0.493 e. The average molecular weight is 381 g/mol. The molecule has 2 aromatic rings. The molecule has 11 nitrogen and oxygen atoms in total. The number of fused-ring (bicyclic) bond motifs is 1. The number of aliphatic hydroxyl groups is 2. The summed E-state index contributed by atoms with van der Waals surface area (Å²) in [4.78, 5) is 19.6. The number of carbonyl (C=O) groups excluding carboxylic acids is 1. The summed E-state index contributed by atoms with van der Waals surface area (Å²) in [7, 11) is 0. The first-order valence-corrected chi connectivity index (χ1v) is 8.47. The van der Waals surface area contributed by atoms with Gasteiger partial charge in [-0.15, -0.1) is 0 Å². The van der Waals surface area contributed by atoms with E-state index < -0.39 is 36.6 Å². The predicted octanol–water partition coefficient (Wildman–Crippen LogP) is -1.14. The van der Waals surface area contributed by atoms with Gasteiger partial charge in [0.25, 0.3) is 0 Å². The van der Waals surface area contributed by atoms with Crippen molar-refractivity contribution in [3.05, 3.63) is 12.3 Å². The van der Waals surface area contributed by atoms with Crippen molar-refractivity contribution in [2.24, 2.45) is 11.7 Å². The number of aliphatic hydroxyl groups excluding tert-OH is 2. The van der Waals surface area contributed by atoms with Gasteiger partial charge < -0.3 is 40.8 Å². The summed E-state index contributed by atoms with van der Waals surface area (Å²) in [6.45, 7) is 3.30. The lowest BCUT2D eigenvalue weighted by Crippen LogP contribution is -2.40. The molecule has 3 heterocycles. The molecule has 1 saturated heterocycles. The quantitative estimate of drug-likeness (QED) is 0.398. The van der Waals surface area contributed by atoms with Gasteiger partial charge in [0.1, 0.15) is 31.0 Å². The molecule has 0 spiro atoms. The number of nitrogens with zero attached hydrogens (tertiary/aromatic N) is 3. The van der Waals surface area contributed by atoms with Crippen molar-refractivity contribution >= 4 is 23.0 Å². The van der Waals surface area contributed by atoms with Crippen LogP contribution in [0.3, 0.4) is 0 Å². The van der Waals surface area contributed by atoms with Crippen molar-refractivity contribution in [1.29, 1.82) is 0 Å². The minimum atomic E-state index is -1.32. The number of hydrogen-bond acceptors (Lipinski definition) is 10. The number of anilines is 1. The van der Waals surface area contributed by atoms with E-state index in [2.05, 4.69) is 9.97 Å². The molecule has 0 bridgehead atoms. The summed E-state index contributed by atoms with van der Waals surface area (Å²) in [5.41, 5.74) is 11.5. The van der Waals surface area contributed by atoms with Crippen LogP contribution in [0.25, 0.3) is 11.0 Å². The van der Waals surface area contributed by atoms with Crippen molar-refractivity contribution < 1.29 is 29.6 Å². The van der Waals surface area contributed by atoms with Crippen LogP contribution in [0, 0.1) is 5.92 Å². The van der Waals surface area contributed by atoms with Crippen molar-refractivity contribution in [2.45, 2.75) is 44.4 Å². The number of aromatic hydroxyl groups is 1. The van der Waals surface area contributed by atoms with Gasteiger partial charge in [0.15, 0.2) is 11.9 Å². The molecule has 27 heavy (non-hydrogen) atoms. The second-order valence-corrected chi connectivity index (χ2v) is 6.81. The molecule has 7 N–H and O–H groups in total. The van der Waals surface area contributed by atoms with E-state index in [0.717, 1.165) is 0 Å². The molecule has 3 rings (SSSR count). The lowest BCUT2D eigenvalue weighted by molar-refractivity contribution is -0.152. The molecule has 0 aromatic carbocycles. The maximum absolute atomic E-state index is 11.9. The van der Waals surface area contributed by atoms with Gasteiger partial charge in [0, 0.05) is 6.20 Å². The molecule has 0 radical (unpaired) electrons. The van der Waals surface area contributed by atoms with Crippen LogP contribution in [0.4, 0.5) is 5.95 Å². The Bertz CT molecular complexity index is 840. The van der Waals surface area contributed by atoms with Gasteiger partial charge in [-0.25, -0.2) is 0 Å². The van der Waals surface area contributed by atoms with E-state index in [9.17, 15) is 20.1 Å². The highest BCUT2D eigenvalue weighted by Crippen LogP contribution is 2.34. The molecule has 0 amide bonds. The number of aromatic nitrogens is 3. The van der Waals surface area contributed by atoms with Gasteiger partial charge in [0.2, 0.25) is 11.8 Å². The second kappa shape index (κ2) is 7.27. The summed E-state index contributed by atoms with van der Waals surface area (Å²) in [5, 5.41) is 30.8. The molecule has 1 fully saturated rings. The van der Waals surface area contributed by atoms with E-state index in [1.165, 1.54) is 16.8 Å². The molecule has 148 valence electrons. The molecule has 5 atom stereocenters. The maximum atomic E-state index is 11.9. The van der Waals surface area contributed by atoms with Crippen LogP contribution >= 0.6 is 0 Å². The maximum Gasteiger partial charge on any atom is 0.323 e. The Balaban J connectivity index is 1.77. The summed E-state index contributed by atoms with van der Waals surface area (Å²) >= 11 is 0. The van der Waals surface area contributed by atoms with Gasteiger partial charge in [-0.3, -0.25) is 4.79 Å². The fourth-order valence-corrected chi connectivity index (χ4v) is 2.87. The third-order valence-electron chi connectivity index (χ3n) is 4.56. The molecule has 11 heteroatoms. The highest BCUT2D eigenvalue weighted by Gasteiger charge is 2.45. The van der Waals surface area contributed by atoms with E-state index >= 15 is 0 Å². The minimum absolute atomic E-state index is 0.102. The van der Waals surface area contributed by atoms with Gasteiger partial charge in [-0.2, -0.15) is 9.97 Å². The monoisotopic (exact) mass is 381 g/mol. The molecule has 2 aromatic heterocycles. The Morgan fingerprint density at radius 2 is 2.07 bits per heavy atom. The highest BCUT2D eigenvalue weighted by molar-refractivity contribution is 5.82. The van der Waals surface area contributed by atoms with Crippen molar-refractivity contribution in [1.82, 2.24) is 14.5 Å².